The number of benzene rings is 7. The average Bonchev–Trinajstić information content (AvgIpc) is 3.16. The van der Waals surface area contributed by atoms with E-state index in [9.17, 15) is 0 Å². The van der Waals surface area contributed by atoms with Crippen molar-refractivity contribution in [2.24, 2.45) is 0 Å². The van der Waals surface area contributed by atoms with Crippen LogP contribution in [0.1, 0.15) is 109 Å². The maximum Gasteiger partial charge on any atom is 0.0620 e. The Kier molecular flexibility index (Phi) is 10.2. The van der Waals surface area contributed by atoms with Gasteiger partial charge in [0, 0.05) is 44.3 Å². The lowest BCUT2D eigenvalue weighted by atomic mass is 9.87. The van der Waals surface area contributed by atoms with E-state index in [1.165, 1.54) is 60.7 Å². The van der Waals surface area contributed by atoms with Crippen molar-refractivity contribution in [2.45, 2.75) is 98.8 Å². The predicted octanol–water partition coefficient (Wildman–Crippen LogP) is 16.1. The molecule has 280 valence electrons. The minimum atomic E-state index is 0.0579. The van der Waals surface area contributed by atoms with Crippen LogP contribution in [0.15, 0.2) is 140 Å². The molecule has 0 atom stereocenters. The monoisotopic (exact) mass is 722 g/mol. The zero-order valence-corrected chi connectivity index (χ0v) is 34.8. The molecule has 2 heteroatoms. The first-order chi connectivity index (χ1) is 26.1. The highest BCUT2D eigenvalue weighted by Gasteiger charge is 2.26. The molecule has 0 radical (unpaired) electrons. The third kappa shape index (κ3) is 7.52. The zero-order chi connectivity index (χ0) is 39.2. The van der Waals surface area contributed by atoms with Crippen LogP contribution in [0.2, 0.25) is 0 Å². The van der Waals surface area contributed by atoms with E-state index in [-0.39, 0.29) is 10.8 Å². The predicted molar refractivity (Wildman–Crippen MR) is 241 cm³/mol. The number of nitrogens with zero attached hydrogens (tertiary/aromatic N) is 2. The Morgan fingerprint density at radius 1 is 0.382 bits per heavy atom. The molecule has 0 unspecified atom stereocenters. The molecule has 7 rings (SSSR count). The fourth-order valence-electron chi connectivity index (χ4n) is 7.78. The molecule has 0 amide bonds. The fraction of sp³-hybridized carbons (Fsp3) is 0.283. The number of anilines is 6. The largest absolute Gasteiger partial charge is 0.309 e. The summed E-state index contributed by atoms with van der Waals surface area (Å²) in [5.74, 6) is 0.908. The van der Waals surface area contributed by atoms with Crippen molar-refractivity contribution in [3.05, 3.63) is 167 Å². The fourth-order valence-corrected chi connectivity index (χ4v) is 7.78. The Balaban J connectivity index is 1.57. The smallest absolute Gasteiger partial charge is 0.0620 e. The van der Waals surface area contributed by atoms with E-state index < -0.39 is 0 Å². The third-order valence-electron chi connectivity index (χ3n) is 11.2. The molecule has 0 saturated heterocycles. The molecule has 7 aromatic rings. The van der Waals surface area contributed by atoms with Gasteiger partial charge in [0.15, 0.2) is 0 Å². The van der Waals surface area contributed by atoms with E-state index in [2.05, 4.69) is 225 Å². The Labute approximate surface area is 330 Å². The van der Waals surface area contributed by atoms with Crippen LogP contribution in [0.25, 0.3) is 21.5 Å². The van der Waals surface area contributed by atoms with E-state index in [0.717, 1.165) is 22.7 Å². The summed E-state index contributed by atoms with van der Waals surface area (Å²) in [7, 11) is 0. The van der Waals surface area contributed by atoms with Crippen molar-refractivity contribution in [1.82, 2.24) is 0 Å². The van der Waals surface area contributed by atoms with Crippen molar-refractivity contribution in [2.75, 3.05) is 9.80 Å². The second-order valence-electron chi connectivity index (χ2n) is 18.0. The highest BCUT2D eigenvalue weighted by atomic mass is 15.2. The van der Waals surface area contributed by atoms with Crippen LogP contribution in [0, 0.1) is 6.92 Å². The Bertz CT molecular complexity index is 2420. The summed E-state index contributed by atoms with van der Waals surface area (Å²) in [5.41, 5.74) is 13.6. The molecule has 0 aromatic heterocycles. The van der Waals surface area contributed by atoms with Crippen molar-refractivity contribution in [1.29, 1.82) is 0 Å². The summed E-state index contributed by atoms with van der Waals surface area (Å²) < 4.78 is 0. The molecule has 0 aliphatic carbocycles. The molecular formula is C53H58N2. The highest BCUT2D eigenvalue weighted by molar-refractivity contribution is 6.23. The van der Waals surface area contributed by atoms with Crippen LogP contribution in [-0.2, 0) is 10.8 Å². The van der Waals surface area contributed by atoms with Gasteiger partial charge in [0.05, 0.1) is 11.4 Å². The Hall–Kier alpha value is -5.34. The summed E-state index contributed by atoms with van der Waals surface area (Å²) in [6, 6.07) is 52.8. The van der Waals surface area contributed by atoms with Gasteiger partial charge >= 0.3 is 0 Å². The number of hydrogen-bond acceptors (Lipinski definition) is 2. The molecule has 0 heterocycles. The molecule has 0 saturated carbocycles. The Morgan fingerprint density at radius 2 is 0.709 bits per heavy atom. The molecule has 0 aliphatic heterocycles. The van der Waals surface area contributed by atoms with Crippen molar-refractivity contribution < 1.29 is 0 Å². The molecular weight excluding hydrogens is 665 g/mol. The first kappa shape index (κ1) is 38.0. The van der Waals surface area contributed by atoms with Crippen LogP contribution in [0.3, 0.4) is 0 Å². The lowest BCUT2D eigenvalue weighted by Gasteiger charge is -2.33. The zero-order valence-electron chi connectivity index (χ0n) is 34.8. The summed E-state index contributed by atoms with van der Waals surface area (Å²) in [6.45, 7) is 25.0. The quantitative estimate of drug-likeness (QED) is 0.114. The van der Waals surface area contributed by atoms with Crippen LogP contribution >= 0.6 is 0 Å². The van der Waals surface area contributed by atoms with Crippen molar-refractivity contribution >= 4 is 55.7 Å². The topological polar surface area (TPSA) is 6.48 Å². The molecule has 0 aliphatic rings. The number of aryl methyl sites for hydroxylation is 1. The van der Waals surface area contributed by atoms with Gasteiger partial charge in [-0.25, -0.2) is 0 Å². The van der Waals surface area contributed by atoms with Gasteiger partial charge in [0.25, 0.3) is 0 Å². The molecule has 2 nitrogen and oxygen atoms in total. The molecule has 0 spiro atoms. The summed E-state index contributed by atoms with van der Waals surface area (Å²) in [6.07, 6.45) is 0. The molecule has 7 aromatic carbocycles. The van der Waals surface area contributed by atoms with E-state index >= 15 is 0 Å². The highest BCUT2D eigenvalue weighted by Crippen LogP contribution is 2.51. The van der Waals surface area contributed by atoms with Gasteiger partial charge in [-0.2, -0.15) is 0 Å². The van der Waals surface area contributed by atoms with Crippen LogP contribution in [0.4, 0.5) is 34.1 Å². The second-order valence-corrected chi connectivity index (χ2v) is 18.0. The van der Waals surface area contributed by atoms with Crippen LogP contribution in [0.5, 0.6) is 0 Å². The van der Waals surface area contributed by atoms with E-state index in [4.69, 9.17) is 0 Å². The van der Waals surface area contributed by atoms with Gasteiger partial charge < -0.3 is 9.80 Å². The van der Waals surface area contributed by atoms with Gasteiger partial charge in [-0.3, -0.25) is 0 Å². The minimum absolute atomic E-state index is 0.0579. The normalized spacial score (nSPS) is 12.2. The summed E-state index contributed by atoms with van der Waals surface area (Å²) >= 11 is 0. The van der Waals surface area contributed by atoms with Crippen molar-refractivity contribution in [3.63, 3.8) is 0 Å². The maximum atomic E-state index is 2.49. The SMILES string of the molecule is Cc1ccc2c(N(c3ccc(C(C)C)cc3)c3ccc(C(C)(C)C)cc3)c3ccccc3c(N(c3ccc(C(C)C)cc3)c3ccc(C(C)(C)C)cc3)c2c1. The second kappa shape index (κ2) is 14.7. The third-order valence-corrected chi connectivity index (χ3v) is 11.2. The number of fused-ring (bicyclic) bond motifs is 2. The van der Waals surface area contributed by atoms with Gasteiger partial charge in [0.1, 0.15) is 0 Å². The van der Waals surface area contributed by atoms with E-state index in [0.29, 0.717) is 11.8 Å². The molecule has 0 fully saturated rings. The number of rotatable bonds is 8. The molecule has 0 N–H and O–H groups in total. The summed E-state index contributed by atoms with van der Waals surface area (Å²) in [4.78, 5) is 4.98. The summed E-state index contributed by atoms with van der Waals surface area (Å²) in [5, 5.41) is 4.84. The Morgan fingerprint density at radius 3 is 1.05 bits per heavy atom. The van der Waals surface area contributed by atoms with Gasteiger partial charge in [0.2, 0.25) is 0 Å². The van der Waals surface area contributed by atoms with E-state index in [1.54, 1.807) is 0 Å². The van der Waals surface area contributed by atoms with Gasteiger partial charge in [-0.15, -0.1) is 0 Å². The standard InChI is InChI=1S/C53H58N2/c1-35(2)38-17-25-42(26-18-38)54(44-29-21-40(22-30-44)52(6,7)8)50-46-14-12-13-15-47(46)51(49-34-37(5)16-33-48(49)50)55(43-27-19-39(20-28-43)36(3)4)45-31-23-41(24-32-45)53(9,10)11/h12-36H,1-11H3. The molecule has 0 bridgehead atoms. The first-order valence-electron chi connectivity index (χ1n) is 20.1. The minimum Gasteiger partial charge on any atom is -0.309 e. The first-order valence-corrected chi connectivity index (χ1v) is 20.1. The van der Waals surface area contributed by atoms with Crippen LogP contribution < -0.4 is 9.80 Å². The van der Waals surface area contributed by atoms with Gasteiger partial charge in [-0.05, 0) is 106 Å². The van der Waals surface area contributed by atoms with Gasteiger partial charge in [-0.1, -0.05) is 160 Å². The van der Waals surface area contributed by atoms with Crippen molar-refractivity contribution in [3.8, 4) is 0 Å². The lowest BCUT2D eigenvalue weighted by molar-refractivity contribution is 0.590. The number of hydrogen-bond donors (Lipinski definition) is 0. The average molecular weight is 723 g/mol. The maximum absolute atomic E-state index is 2.49. The van der Waals surface area contributed by atoms with E-state index in [1.807, 2.05) is 0 Å². The lowest BCUT2D eigenvalue weighted by Crippen LogP contribution is -2.16. The van der Waals surface area contributed by atoms with Crippen LogP contribution in [-0.4, -0.2) is 0 Å². The molecule has 55 heavy (non-hydrogen) atoms.